The molecule has 0 aliphatic carbocycles. The van der Waals surface area contributed by atoms with Crippen LogP contribution in [0.4, 0.5) is 5.69 Å². The Morgan fingerprint density at radius 1 is 1.61 bits per heavy atom. The molecular formula is C13H14N2O3. The van der Waals surface area contributed by atoms with Crippen LogP contribution in [0.3, 0.4) is 0 Å². The van der Waals surface area contributed by atoms with E-state index in [1.54, 1.807) is 19.1 Å². The molecule has 0 aliphatic heterocycles. The summed E-state index contributed by atoms with van der Waals surface area (Å²) < 4.78 is 0. The molecule has 1 aromatic rings. The maximum atomic E-state index is 11.8. The summed E-state index contributed by atoms with van der Waals surface area (Å²) in [7, 11) is 0. The molecule has 0 saturated heterocycles. The lowest BCUT2D eigenvalue weighted by Crippen LogP contribution is -2.33. The highest BCUT2D eigenvalue weighted by Gasteiger charge is 2.16. The number of carbonyl (C=O) groups is 1. The van der Waals surface area contributed by atoms with Crippen LogP contribution in [-0.2, 0) is 0 Å². The minimum atomic E-state index is -0.509. The average Bonchev–Trinajstić information content (AvgIpc) is 2.35. The van der Waals surface area contributed by atoms with E-state index in [9.17, 15) is 14.9 Å². The zero-order chi connectivity index (χ0) is 13.7. The summed E-state index contributed by atoms with van der Waals surface area (Å²) in [5.74, 6) is 2.04. The molecule has 5 nitrogen and oxygen atoms in total. The van der Waals surface area contributed by atoms with E-state index in [1.165, 1.54) is 6.07 Å². The van der Waals surface area contributed by atoms with E-state index >= 15 is 0 Å². The minimum absolute atomic E-state index is 0.0728. The SMILES string of the molecule is C#CC(CC)NC(=O)c1ccc(C)c([N+](=O)[O-])c1. The van der Waals surface area contributed by atoms with Crippen molar-refractivity contribution in [1.82, 2.24) is 5.32 Å². The minimum Gasteiger partial charge on any atom is -0.338 e. The molecule has 0 aliphatic rings. The summed E-state index contributed by atoms with van der Waals surface area (Å²) in [5, 5.41) is 13.4. The first-order chi connectivity index (χ1) is 8.49. The smallest absolute Gasteiger partial charge is 0.273 e. The van der Waals surface area contributed by atoms with Crippen LogP contribution in [0.2, 0.25) is 0 Å². The van der Waals surface area contributed by atoms with Crippen molar-refractivity contribution in [3.8, 4) is 12.3 Å². The summed E-state index contributed by atoms with van der Waals surface area (Å²) in [6.45, 7) is 3.47. The van der Waals surface area contributed by atoms with Crippen molar-refractivity contribution in [3.63, 3.8) is 0 Å². The molecule has 5 heteroatoms. The highest BCUT2D eigenvalue weighted by atomic mass is 16.6. The number of nitrogens with zero attached hydrogens (tertiary/aromatic N) is 1. The zero-order valence-corrected chi connectivity index (χ0v) is 10.3. The Labute approximate surface area is 105 Å². The van der Waals surface area contributed by atoms with E-state index in [2.05, 4.69) is 11.2 Å². The first-order valence-corrected chi connectivity index (χ1v) is 5.51. The van der Waals surface area contributed by atoms with Crippen molar-refractivity contribution in [2.24, 2.45) is 0 Å². The normalized spacial score (nSPS) is 11.4. The Morgan fingerprint density at radius 3 is 2.78 bits per heavy atom. The van der Waals surface area contributed by atoms with Crippen molar-refractivity contribution in [1.29, 1.82) is 0 Å². The van der Waals surface area contributed by atoms with Gasteiger partial charge < -0.3 is 5.32 Å². The van der Waals surface area contributed by atoms with Gasteiger partial charge >= 0.3 is 0 Å². The number of hydrogen-bond donors (Lipinski definition) is 1. The molecule has 0 aromatic heterocycles. The number of hydrogen-bond acceptors (Lipinski definition) is 3. The van der Waals surface area contributed by atoms with Gasteiger partial charge in [-0.3, -0.25) is 14.9 Å². The number of amides is 1. The van der Waals surface area contributed by atoms with Crippen LogP contribution in [-0.4, -0.2) is 16.9 Å². The second kappa shape index (κ2) is 5.82. The fraction of sp³-hybridized carbons (Fsp3) is 0.308. The Hall–Kier alpha value is -2.35. The van der Waals surface area contributed by atoms with Gasteiger partial charge in [0, 0.05) is 17.2 Å². The molecule has 94 valence electrons. The number of rotatable bonds is 4. The summed E-state index contributed by atoms with van der Waals surface area (Å²) in [6, 6.07) is 3.98. The molecule has 1 aromatic carbocycles. The van der Waals surface area contributed by atoms with E-state index in [-0.39, 0.29) is 17.3 Å². The summed E-state index contributed by atoms with van der Waals surface area (Å²) >= 11 is 0. The highest BCUT2D eigenvalue weighted by molar-refractivity contribution is 5.95. The Morgan fingerprint density at radius 2 is 2.28 bits per heavy atom. The van der Waals surface area contributed by atoms with E-state index < -0.39 is 10.8 Å². The van der Waals surface area contributed by atoms with Crippen LogP contribution in [0.1, 0.15) is 29.3 Å². The predicted molar refractivity (Wildman–Crippen MR) is 68.2 cm³/mol. The molecule has 1 atom stereocenters. The monoisotopic (exact) mass is 246 g/mol. The van der Waals surface area contributed by atoms with Gasteiger partial charge in [0.15, 0.2) is 0 Å². The van der Waals surface area contributed by atoms with Crippen molar-refractivity contribution in [2.75, 3.05) is 0 Å². The molecule has 0 spiro atoms. The van der Waals surface area contributed by atoms with Crippen LogP contribution in [0.15, 0.2) is 18.2 Å². The number of nitro benzene ring substituents is 1. The molecule has 0 heterocycles. The van der Waals surface area contributed by atoms with Crippen molar-refractivity contribution < 1.29 is 9.72 Å². The lowest BCUT2D eigenvalue weighted by atomic mass is 10.1. The lowest BCUT2D eigenvalue weighted by molar-refractivity contribution is -0.385. The molecule has 18 heavy (non-hydrogen) atoms. The quantitative estimate of drug-likeness (QED) is 0.502. The summed E-state index contributed by atoms with van der Waals surface area (Å²) in [4.78, 5) is 22.1. The third kappa shape index (κ3) is 3.08. The van der Waals surface area contributed by atoms with E-state index in [0.717, 1.165) is 0 Å². The van der Waals surface area contributed by atoms with Gasteiger partial charge in [0.2, 0.25) is 0 Å². The Bertz CT molecular complexity index is 517. The molecule has 0 fully saturated rings. The second-order valence-electron chi connectivity index (χ2n) is 3.86. The fourth-order valence-corrected chi connectivity index (χ4v) is 1.45. The maximum Gasteiger partial charge on any atom is 0.273 e. The van der Waals surface area contributed by atoms with Gasteiger partial charge in [0.05, 0.1) is 11.0 Å². The Balaban J connectivity index is 2.97. The van der Waals surface area contributed by atoms with Crippen LogP contribution >= 0.6 is 0 Å². The summed E-state index contributed by atoms with van der Waals surface area (Å²) in [6.07, 6.45) is 5.85. The molecule has 0 bridgehead atoms. The molecule has 1 unspecified atom stereocenters. The van der Waals surface area contributed by atoms with Gasteiger partial charge in [0.25, 0.3) is 11.6 Å². The van der Waals surface area contributed by atoms with Gasteiger partial charge in [-0.25, -0.2) is 0 Å². The van der Waals surface area contributed by atoms with Gasteiger partial charge in [0.1, 0.15) is 0 Å². The number of benzene rings is 1. The average molecular weight is 246 g/mol. The van der Waals surface area contributed by atoms with E-state index in [1.807, 2.05) is 6.92 Å². The molecule has 0 saturated carbocycles. The number of terminal acetylenes is 1. The van der Waals surface area contributed by atoms with E-state index in [0.29, 0.717) is 12.0 Å². The lowest BCUT2D eigenvalue weighted by Gasteiger charge is -2.10. The third-order valence-electron chi connectivity index (χ3n) is 2.58. The van der Waals surface area contributed by atoms with Gasteiger partial charge in [-0.15, -0.1) is 6.42 Å². The third-order valence-corrected chi connectivity index (χ3v) is 2.58. The maximum absolute atomic E-state index is 11.8. The molecule has 1 N–H and O–H groups in total. The number of aryl methyl sites for hydroxylation is 1. The first-order valence-electron chi connectivity index (χ1n) is 5.51. The van der Waals surface area contributed by atoms with Gasteiger partial charge in [-0.2, -0.15) is 0 Å². The van der Waals surface area contributed by atoms with Gasteiger partial charge in [-0.05, 0) is 19.4 Å². The Kier molecular flexibility index (Phi) is 4.44. The van der Waals surface area contributed by atoms with Crippen molar-refractivity contribution in [2.45, 2.75) is 26.3 Å². The standard InChI is InChI=1S/C13H14N2O3/c1-4-11(5-2)14-13(16)10-7-6-9(3)12(8-10)15(17)18/h1,6-8,11H,5H2,2-3H3,(H,14,16). The second-order valence-corrected chi connectivity index (χ2v) is 3.86. The van der Waals surface area contributed by atoms with Crippen molar-refractivity contribution >= 4 is 11.6 Å². The topological polar surface area (TPSA) is 72.2 Å². The zero-order valence-electron chi connectivity index (χ0n) is 10.3. The van der Waals surface area contributed by atoms with Crippen molar-refractivity contribution in [3.05, 3.63) is 39.4 Å². The number of carbonyl (C=O) groups excluding carboxylic acids is 1. The van der Waals surface area contributed by atoms with Crippen LogP contribution in [0.25, 0.3) is 0 Å². The number of nitrogens with one attached hydrogen (secondary N) is 1. The predicted octanol–water partition coefficient (Wildman–Crippen LogP) is 2.04. The highest BCUT2D eigenvalue weighted by Crippen LogP contribution is 2.19. The van der Waals surface area contributed by atoms with E-state index in [4.69, 9.17) is 6.42 Å². The van der Waals surface area contributed by atoms with Crippen LogP contribution in [0, 0.1) is 29.4 Å². The fourth-order valence-electron chi connectivity index (χ4n) is 1.45. The molecule has 0 radical (unpaired) electrons. The summed E-state index contributed by atoms with van der Waals surface area (Å²) in [5.41, 5.74) is 0.679. The first kappa shape index (κ1) is 13.7. The van der Waals surface area contributed by atoms with Crippen LogP contribution < -0.4 is 5.32 Å². The largest absolute Gasteiger partial charge is 0.338 e. The van der Waals surface area contributed by atoms with Gasteiger partial charge in [-0.1, -0.05) is 18.9 Å². The molecule has 1 rings (SSSR count). The molecule has 1 amide bonds. The molecular weight excluding hydrogens is 232 g/mol. The van der Waals surface area contributed by atoms with Crippen LogP contribution in [0.5, 0.6) is 0 Å². The number of nitro groups is 1.